The van der Waals surface area contributed by atoms with E-state index in [-0.39, 0.29) is 24.0 Å². The summed E-state index contributed by atoms with van der Waals surface area (Å²) in [6, 6.07) is 18.5. The number of hydrogen-bond donors (Lipinski definition) is 2. The fourth-order valence-corrected chi connectivity index (χ4v) is 7.82. The van der Waals surface area contributed by atoms with E-state index in [0.29, 0.717) is 149 Å². The number of benzene rings is 4. The Morgan fingerprint density at radius 1 is 0.426 bits per heavy atom. The number of fused-ring (bicyclic) bond motifs is 4. The lowest BCUT2D eigenvalue weighted by Gasteiger charge is -2.38. The second-order valence-corrected chi connectivity index (χ2v) is 19.3. The molecule has 2 N–H and O–H groups in total. The van der Waals surface area contributed by atoms with Crippen LogP contribution in [0.2, 0.25) is 0 Å². The largest absolute Gasteiger partial charge is 0.487 e. The summed E-state index contributed by atoms with van der Waals surface area (Å²) >= 11 is 0. The van der Waals surface area contributed by atoms with Gasteiger partial charge in [0, 0.05) is 40.0 Å². The third kappa shape index (κ3) is 13.0. The van der Waals surface area contributed by atoms with Gasteiger partial charge in [0.05, 0.1) is 90.4 Å². The fraction of sp³-hybridized carbons (Fsp3) is 0.509. The average molecular weight is 941 g/mol. The minimum atomic E-state index is -0.718. The third-order valence-corrected chi connectivity index (χ3v) is 11.8. The molecule has 3 aliphatic rings. The zero-order valence-electron chi connectivity index (χ0n) is 40.9. The molecule has 4 aromatic carbocycles. The molecule has 0 saturated heterocycles. The van der Waals surface area contributed by atoms with Crippen molar-refractivity contribution in [3.8, 4) is 34.5 Å². The standard InChI is InChI=1S/C53H68N2O13/c1-51(2,3)35-29-39(49(56)54-37-9-11-43-45(33-37)66-27-23-62-19-15-58-13-17-60-21-25-64-43)47-41(31-35)53(7,8)42-32-36(52(4,5)6)30-40(48(42)68-47)50(57)55-38-10-12-44-46(34-38)67-28-24-63-20-16-59-14-18-61-22-26-65-44/h9-12,29-34H,13-28H2,1-8H3,(H,54,56)(H,55,57). The van der Waals surface area contributed by atoms with Gasteiger partial charge < -0.3 is 62.7 Å². The first-order valence-electron chi connectivity index (χ1n) is 23.5. The maximum atomic E-state index is 14.8. The number of nitrogens with one attached hydrogen (secondary N) is 2. The highest BCUT2D eigenvalue weighted by Crippen LogP contribution is 2.53. The molecular formula is C53H68N2O13. The number of rotatable bonds is 4. The van der Waals surface area contributed by atoms with Crippen LogP contribution in [0.3, 0.4) is 0 Å². The minimum Gasteiger partial charge on any atom is -0.487 e. The molecule has 368 valence electrons. The van der Waals surface area contributed by atoms with Crippen molar-refractivity contribution < 1.29 is 61.7 Å². The summed E-state index contributed by atoms with van der Waals surface area (Å²) < 4.78 is 64.9. The maximum absolute atomic E-state index is 14.8. The summed E-state index contributed by atoms with van der Waals surface area (Å²) in [5.41, 5.74) is 3.78. The highest BCUT2D eigenvalue weighted by molar-refractivity contribution is 6.09. The highest BCUT2D eigenvalue weighted by Gasteiger charge is 2.41. The average Bonchev–Trinajstić information content (AvgIpc) is 3.30. The zero-order valence-corrected chi connectivity index (χ0v) is 40.9. The Hall–Kier alpha value is -5.42. The van der Waals surface area contributed by atoms with Gasteiger partial charge in [-0.05, 0) is 58.4 Å². The van der Waals surface area contributed by atoms with Gasteiger partial charge in [0.2, 0.25) is 0 Å². The Morgan fingerprint density at radius 2 is 0.735 bits per heavy atom. The van der Waals surface area contributed by atoms with Crippen LogP contribution >= 0.6 is 0 Å². The second-order valence-electron chi connectivity index (χ2n) is 19.3. The van der Waals surface area contributed by atoms with Gasteiger partial charge in [-0.15, -0.1) is 0 Å². The van der Waals surface area contributed by atoms with Crippen LogP contribution in [0, 0.1) is 0 Å². The summed E-state index contributed by atoms with van der Waals surface area (Å²) in [5.74, 6) is 1.84. The van der Waals surface area contributed by atoms with E-state index in [1.54, 1.807) is 36.4 Å². The number of amides is 2. The van der Waals surface area contributed by atoms with Crippen LogP contribution in [-0.2, 0) is 44.7 Å². The predicted octanol–water partition coefficient (Wildman–Crippen LogP) is 8.86. The minimum absolute atomic E-state index is 0.261. The molecule has 0 saturated carbocycles. The van der Waals surface area contributed by atoms with Crippen LogP contribution in [0.15, 0.2) is 60.7 Å². The Bertz CT molecular complexity index is 2210. The van der Waals surface area contributed by atoms with Gasteiger partial charge in [-0.3, -0.25) is 9.59 Å². The van der Waals surface area contributed by atoms with Crippen molar-refractivity contribution in [2.24, 2.45) is 0 Å². The molecule has 0 fully saturated rings. The van der Waals surface area contributed by atoms with E-state index in [0.717, 1.165) is 22.3 Å². The molecular weight excluding hydrogens is 873 g/mol. The summed E-state index contributed by atoms with van der Waals surface area (Å²) in [6.07, 6.45) is 0. The lowest BCUT2D eigenvalue weighted by molar-refractivity contribution is 0.00708. The van der Waals surface area contributed by atoms with Gasteiger partial charge in [0.25, 0.3) is 11.8 Å². The highest BCUT2D eigenvalue weighted by atomic mass is 16.6. The molecule has 15 nitrogen and oxygen atoms in total. The van der Waals surface area contributed by atoms with E-state index < -0.39 is 17.2 Å². The molecule has 3 heterocycles. The SMILES string of the molecule is CC(C)(C)c1cc(C(=O)Nc2ccc3c(c2)OCCOCCOCCOCCO3)c2c(c1)C(C)(C)c1cc(C(C)(C)C)cc(C(=O)Nc3ccc4c(c3)OCCOCCOCCOCCO4)c1O2. The monoisotopic (exact) mass is 940 g/mol. The van der Waals surface area contributed by atoms with Crippen LogP contribution in [0.25, 0.3) is 0 Å². The van der Waals surface area contributed by atoms with Crippen LogP contribution in [0.1, 0.15) is 98.4 Å². The summed E-state index contributed by atoms with van der Waals surface area (Å²) in [6.45, 7) is 23.1. The Balaban J connectivity index is 1.22. The van der Waals surface area contributed by atoms with Crippen molar-refractivity contribution in [3.63, 3.8) is 0 Å². The van der Waals surface area contributed by atoms with Crippen molar-refractivity contribution in [2.45, 2.75) is 71.6 Å². The molecule has 15 heteroatoms. The number of carbonyl (C=O) groups is 2. The van der Waals surface area contributed by atoms with Gasteiger partial charge in [-0.2, -0.15) is 0 Å². The molecule has 0 unspecified atom stereocenters. The van der Waals surface area contributed by atoms with E-state index >= 15 is 0 Å². The van der Waals surface area contributed by atoms with Crippen molar-refractivity contribution in [2.75, 3.05) is 116 Å². The summed E-state index contributed by atoms with van der Waals surface area (Å²) in [4.78, 5) is 29.5. The van der Waals surface area contributed by atoms with E-state index in [4.69, 9.17) is 52.1 Å². The van der Waals surface area contributed by atoms with Gasteiger partial charge in [0.1, 0.15) is 37.9 Å². The molecule has 0 spiro atoms. The Kier molecular flexibility index (Phi) is 16.9. The van der Waals surface area contributed by atoms with Crippen LogP contribution in [-0.4, -0.2) is 118 Å². The smallest absolute Gasteiger partial charge is 0.259 e. The molecule has 0 aromatic heterocycles. The molecule has 0 radical (unpaired) electrons. The van der Waals surface area contributed by atoms with Crippen molar-refractivity contribution in [3.05, 3.63) is 94.0 Å². The lowest BCUT2D eigenvalue weighted by Crippen LogP contribution is -2.30. The number of anilines is 2. The van der Waals surface area contributed by atoms with Crippen molar-refractivity contribution >= 4 is 23.2 Å². The van der Waals surface area contributed by atoms with Crippen molar-refractivity contribution in [1.82, 2.24) is 0 Å². The molecule has 0 aliphatic carbocycles. The van der Waals surface area contributed by atoms with Gasteiger partial charge >= 0.3 is 0 Å². The molecule has 7 rings (SSSR count). The number of carbonyl (C=O) groups excluding carboxylic acids is 2. The Morgan fingerprint density at radius 3 is 1.06 bits per heavy atom. The number of hydrogen-bond acceptors (Lipinski definition) is 13. The molecule has 68 heavy (non-hydrogen) atoms. The molecule has 4 aromatic rings. The van der Waals surface area contributed by atoms with Gasteiger partial charge in [-0.25, -0.2) is 0 Å². The topological polar surface area (TPSA) is 160 Å². The molecule has 3 aliphatic heterocycles. The Labute approximate surface area is 400 Å². The van der Waals surface area contributed by atoms with E-state index in [1.165, 1.54) is 0 Å². The molecule has 0 bridgehead atoms. The maximum Gasteiger partial charge on any atom is 0.259 e. The van der Waals surface area contributed by atoms with E-state index in [9.17, 15) is 9.59 Å². The lowest BCUT2D eigenvalue weighted by atomic mass is 9.70. The first kappa shape index (κ1) is 50.5. The quantitative estimate of drug-likeness (QED) is 0.200. The van der Waals surface area contributed by atoms with Crippen LogP contribution < -0.4 is 34.3 Å². The first-order chi connectivity index (χ1) is 32.6. The first-order valence-corrected chi connectivity index (χ1v) is 23.5. The van der Waals surface area contributed by atoms with Gasteiger partial charge in [-0.1, -0.05) is 67.5 Å². The molecule has 2 amide bonds. The van der Waals surface area contributed by atoms with Crippen LogP contribution in [0.4, 0.5) is 11.4 Å². The van der Waals surface area contributed by atoms with E-state index in [2.05, 4.69) is 78.2 Å². The zero-order chi connectivity index (χ0) is 48.3. The number of ether oxygens (including phenoxy) is 11. The fourth-order valence-electron chi connectivity index (χ4n) is 7.82. The predicted molar refractivity (Wildman–Crippen MR) is 258 cm³/mol. The normalized spacial score (nSPS) is 17.8. The second kappa shape index (κ2) is 22.8. The van der Waals surface area contributed by atoms with E-state index in [1.807, 2.05) is 12.1 Å². The summed E-state index contributed by atoms with van der Waals surface area (Å²) in [7, 11) is 0. The summed E-state index contributed by atoms with van der Waals surface area (Å²) in [5, 5.41) is 6.22. The van der Waals surface area contributed by atoms with Crippen molar-refractivity contribution in [1.29, 1.82) is 0 Å². The van der Waals surface area contributed by atoms with Gasteiger partial charge in [0.15, 0.2) is 23.0 Å². The third-order valence-electron chi connectivity index (χ3n) is 11.8. The molecule has 0 atom stereocenters. The van der Waals surface area contributed by atoms with Crippen LogP contribution in [0.5, 0.6) is 34.5 Å².